The van der Waals surface area contributed by atoms with Crippen LogP contribution in [0.5, 0.6) is 0 Å². The molecule has 0 N–H and O–H groups in total. The molecule has 2 aromatic carbocycles. The molecule has 3 rings (SSSR count). The SMILES string of the molecule is C=CCCc1ccc(-c2ccc(C3CCC(OCCC)CC3)c(F)c2)cc1. The van der Waals surface area contributed by atoms with Gasteiger partial charge in [0.15, 0.2) is 0 Å². The summed E-state index contributed by atoms with van der Waals surface area (Å²) in [5, 5.41) is 0. The maximum Gasteiger partial charge on any atom is 0.127 e. The van der Waals surface area contributed by atoms with E-state index in [0.29, 0.717) is 12.0 Å². The summed E-state index contributed by atoms with van der Waals surface area (Å²) in [6, 6.07) is 14.2. The predicted octanol–water partition coefficient (Wildman–Crippen LogP) is 7.06. The summed E-state index contributed by atoms with van der Waals surface area (Å²) in [6.07, 6.45) is 9.46. The quantitative estimate of drug-likeness (QED) is 0.454. The van der Waals surface area contributed by atoms with E-state index in [9.17, 15) is 4.39 Å². The highest BCUT2D eigenvalue weighted by Gasteiger charge is 2.24. The second-order valence-electron chi connectivity index (χ2n) is 7.60. The molecule has 1 saturated carbocycles. The van der Waals surface area contributed by atoms with E-state index in [1.54, 1.807) is 6.07 Å². The Bertz CT molecular complexity index is 726. The Morgan fingerprint density at radius 1 is 1.04 bits per heavy atom. The molecule has 0 spiro atoms. The third kappa shape index (κ3) is 5.29. The minimum Gasteiger partial charge on any atom is -0.378 e. The standard InChI is InChI=1S/C25H31FO/c1-3-5-6-19-7-9-20(10-8-19)22-13-16-24(25(26)18-22)21-11-14-23(15-12-21)27-17-4-2/h3,7-10,13,16,18,21,23H,1,4-6,11-12,14-15,17H2,2H3. The van der Waals surface area contributed by atoms with E-state index in [1.807, 2.05) is 12.1 Å². The van der Waals surface area contributed by atoms with E-state index < -0.39 is 0 Å². The summed E-state index contributed by atoms with van der Waals surface area (Å²) in [7, 11) is 0. The highest BCUT2D eigenvalue weighted by Crippen LogP contribution is 2.36. The molecule has 0 bridgehead atoms. The van der Waals surface area contributed by atoms with Crippen molar-refractivity contribution in [1.29, 1.82) is 0 Å². The third-order valence-electron chi connectivity index (χ3n) is 5.60. The lowest BCUT2D eigenvalue weighted by Crippen LogP contribution is -2.21. The van der Waals surface area contributed by atoms with Crippen molar-refractivity contribution in [3.8, 4) is 11.1 Å². The van der Waals surface area contributed by atoms with Crippen LogP contribution in [0.1, 0.15) is 62.5 Å². The summed E-state index contributed by atoms with van der Waals surface area (Å²) >= 11 is 0. The molecule has 0 heterocycles. The van der Waals surface area contributed by atoms with Crippen LogP contribution in [-0.2, 0) is 11.2 Å². The van der Waals surface area contributed by atoms with Crippen molar-refractivity contribution in [3.63, 3.8) is 0 Å². The summed E-state index contributed by atoms with van der Waals surface area (Å²) in [5.41, 5.74) is 4.18. The van der Waals surface area contributed by atoms with Crippen molar-refractivity contribution in [2.24, 2.45) is 0 Å². The van der Waals surface area contributed by atoms with Crippen molar-refractivity contribution >= 4 is 0 Å². The van der Waals surface area contributed by atoms with Crippen molar-refractivity contribution in [2.75, 3.05) is 6.61 Å². The van der Waals surface area contributed by atoms with Gasteiger partial charge in [0.05, 0.1) is 6.10 Å². The van der Waals surface area contributed by atoms with Crippen molar-refractivity contribution in [1.82, 2.24) is 0 Å². The zero-order chi connectivity index (χ0) is 19.1. The second-order valence-corrected chi connectivity index (χ2v) is 7.60. The van der Waals surface area contributed by atoms with Crippen LogP contribution in [0.2, 0.25) is 0 Å². The first kappa shape index (κ1) is 19.8. The number of hydrogen-bond donors (Lipinski definition) is 0. The van der Waals surface area contributed by atoms with Crippen LogP contribution >= 0.6 is 0 Å². The Hall–Kier alpha value is -1.93. The summed E-state index contributed by atoms with van der Waals surface area (Å²) in [4.78, 5) is 0. The zero-order valence-corrected chi connectivity index (χ0v) is 16.4. The molecule has 0 amide bonds. The number of halogens is 1. The molecule has 1 nitrogen and oxygen atoms in total. The lowest BCUT2D eigenvalue weighted by Gasteiger charge is -2.29. The second kappa shape index (κ2) is 9.85. The van der Waals surface area contributed by atoms with E-state index in [4.69, 9.17) is 4.74 Å². The lowest BCUT2D eigenvalue weighted by molar-refractivity contribution is 0.0249. The molecule has 0 atom stereocenters. The molecule has 1 aliphatic rings. The third-order valence-corrected chi connectivity index (χ3v) is 5.60. The van der Waals surface area contributed by atoms with Gasteiger partial charge >= 0.3 is 0 Å². The molecule has 144 valence electrons. The fourth-order valence-corrected chi connectivity index (χ4v) is 4.00. The monoisotopic (exact) mass is 366 g/mol. The molecular weight excluding hydrogens is 335 g/mol. The molecule has 0 aliphatic heterocycles. The van der Waals surface area contributed by atoms with E-state index in [0.717, 1.165) is 68.2 Å². The van der Waals surface area contributed by atoms with Gasteiger partial charge in [-0.1, -0.05) is 49.4 Å². The summed E-state index contributed by atoms with van der Waals surface area (Å²) in [5.74, 6) is 0.253. The fourth-order valence-electron chi connectivity index (χ4n) is 4.00. The molecule has 2 aromatic rings. The van der Waals surface area contributed by atoms with Crippen LogP contribution in [0.25, 0.3) is 11.1 Å². The van der Waals surface area contributed by atoms with Crippen LogP contribution in [-0.4, -0.2) is 12.7 Å². The average Bonchev–Trinajstić information content (AvgIpc) is 2.71. The molecule has 1 aliphatic carbocycles. The van der Waals surface area contributed by atoms with Gasteiger partial charge in [-0.25, -0.2) is 4.39 Å². The summed E-state index contributed by atoms with van der Waals surface area (Å²) in [6.45, 7) is 6.74. The van der Waals surface area contributed by atoms with Gasteiger partial charge in [0.2, 0.25) is 0 Å². The first-order valence-corrected chi connectivity index (χ1v) is 10.3. The lowest BCUT2D eigenvalue weighted by atomic mass is 9.82. The molecule has 27 heavy (non-hydrogen) atoms. The summed E-state index contributed by atoms with van der Waals surface area (Å²) < 4.78 is 20.7. The van der Waals surface area contributed by atoms with Crippen LogP contribution in [0.4, 0.5) is 4.39 Å². The van der Waals surface area contributed by atoms with Crippen LogP contribution in [0.3, 0.4) is 0 Å². The van der Waals surface area contributed by atoms with Gasteiger partial charge in [-0.05, 0) is 79.2 Å². The molecule has 0 aromatic heterocycles. The maximum atomic E-state index is 14.8. The Morgan fingerprint density at radius 2 is 1.74 bits per heavy atom. The van der Waals surface area contributed by atoms with E-state index in [2.05, 4.69) is 43.8 Å². The van der Waals surface area contributed by atoms with Gasteiger partial charge in [-0.15, -0.1) is 6.58 Å². The van der Waals surface area contributed by atoms with Crippen molar-refractivity contribution in [2.45, 2.75) is 63.9 Å². The van der Waals surface area contributed by atoms with Gasteiger partial charge < -0.3 is 4.74 Å². The number of ether oxygens (including phenoxy) is 1. The highest BCUT2D eigenvalue weighted by molar-refractivity contribution is 5.64. The van der Waals surface area contributed by atoms with Crippen LogP contribution < -0.4 is 0 Å². The number of aryl methyl sites for hydroxylation is 1. The number of benzene rings is 2. The van der Waals surface area contributed by atoms with E-state index >= 15 is 0 Å². The minimum absolute atomic E-state index is 0.0684. The molecule has 2 heteroatoms. The zero-order valence-electron chi connectivity index (χ0n) is 16.4. The van der Waals surface area contributed by atoms with Crippen LogP contribution in [0, 0.1) is 5.82 Å². The van der Waals surface area contributed by atoms with E-state index in [1.165, 1.54) is 5.56 Å². The number of hydrogen-bond acceptors (Lipinski definition) is 1. The Morgan fingerprint density at radius 3 is 2.37 bits per heavy atom. The number of allylic oxidation sites excluding steroid dienone is 1. The van der Waals surface area contributed by atoms with Gasteiger partial charge in [-0.3, -0.25) is 0 Å². The molecule has 1 fully saturated rings. The van der Waals surface area contributed by atoms with Gasteiger partial charge in [0, 0.05) is 6.61 Å². The minimum atomic E-state index is -0.0684. The Labute approximate surface area is 163 Å². The van der Waals surface area contributed by atoms with E-state index in [-0.39, 0.29) is 5.82 Å². The van der Waals surface area contributed by atoms with Crippen molar-refractivity contribution in [3.05, 3.63) is 72.1 Å². The van der Waals surface area contributed by atoms with Gasteiger partial charge in [0.25, 0.3) is 0 Å². The molecule has 0 unspecified atom stereocenters. The van der Waals surface area contributed by atoms with Crippen molar-refractivity contribution < 1.29 is 9.13 Å². The first-order valence-electron chi connectivity index (χ1n) is 10.3. The number of rotatable bonds is 8. The normalized spacial score (nSPS) is 19.8. The Kier molecular flexibility index (Phi) is 7.23. The largest absolute Gasteiger partial charge is 0.378 e. The molecule has 0 saturated heterocycles. The first-order chi connectivity index (χ1) is 13.2. The topological polar surface area (TPSA) is 9.23 Å². The highest BCUT2D eigenvalue weighted by atomic mass is 19.1. The predicted molar refractivity (Wildman–Crippen MR) is 112 cm³/mol. The van der Waals surface area contributed by atoms with Gasteiger partial charge in [0.1, 0.15) is 5.82 Å². The Balaban J connectivity index is 1.65. The maximum absolute atomic E-state index is 14.8. The molecular formula is C25H31FO. The molecule has 0 radical (unpaired) electrons. The average molecular weight is 367 g/mol. The van der Waals surface area contributed by atoms with Crippen LogP contribution in [0.15, 0.2) is 55.1 Å². The smallest absolute Gasteiger partial charge is 0.127 e. The van der Waals surface area contributed by atoms with Gasteiger partial charge in [-0.2, -0.15) is 0 Å². The fraction of sp³-hybridized carbons (Fsp3) is 0.440.